The third-order valence-electron chi connectivity index (χ3n) is 5.46. The highest BCUT2D eigenvalue weighted by Crippen LogP contribution is 2.42. The summed E-state index contributed by atoms with van der Waals surface area (Å²) >= 11 is 0. The van der Waals surface area contributed by atoms with Gasteiger partial charge in [0.2, 0.25) is 0 Å². The number of hydrogen-bond donors (Lipinski definition) is 0. The highest BCUT2D eigenvalue weighted by molar-refractivity contribution is 7.85. The van der Waals surface area contributed by atoms with E-state index in [1.165, 1.54) is 0 Å². The molecule has 1 aromatic heterocycles. The number of nitrogens with zero attached hydrogens (tertiary/aromatic N) is 3. The Labute approximate surface area is 163 Å². The Morgan fingerprint density at radius 2 is 1.93 bits per heavy atom. The van der Waals surface area contributed by atoms with E-state index in [1.807, 2.05) is 53.8 Å². The van der Waals surface area contributed by atoms with Crippen LogP contribution in [-0.2, 0) is 23.4 Å². The lowest BCUT2D eigenvalue weighted by molar-refractivity contribution is 0.248. The third kappa shape index (κ3) is 3.51. The molecule has 27 heavy (non-hydrogen) atoms. The van der Waals surface area contributed by atoms with Crippen molar-refractivity contribution in [2.24, 2.45) is 11.4 Å². The van der Waals surface area contributed by atoms with E-state index in [1.54, 1.807) is 4.57 Å². The second-order valence-corrected chi connectivity index (χ2v) is 10.9. The zero-order chi connectivity index (χ0) is 20.1. The van der Waals surface area contributed by atoms with Gasteiger partial charge in [0.05, 0.1) is 21.4 Å². The summed E-state index contributed by atoms with van der Waals surface area (Å²) in [6, 6.07) is 3.87. The van der Waals surface area contributed by atoms with Crippen molar-refractivity contribution in [2.45, 2.75) is 71.0 Å². The summed E-state index contributed by atoms with van der Waals surface area (Å²) in [7, 11) is 0.448. The van der Waals surface area contributed by atoms with Crippen molar-refractivity contribution in [3.63, 3.8) is 0 Å². The first-order valence-electron chi connectivity index (χ1n) is 9.43. The summed E-state index contributed by atoms with van der Waals surface area (Å²) in [5.74, 6) is 0.834. The molecule has 5 nitrogen and oxygen atoms in total. The van der Waals surface area contributed by atoms with Gasteiger partial charge in [0.15, 0.2) is 0 Å². The van der Waals surface area contributed by atoms with E-state index in [2.05, 4.69) is 11.3 Å². The lowest BCUT2D eigenvalue weighted by Crippen LogP contribution is -2.38. The summed E-state index contributed by atoms with van der Waals surface area (Å²) in [6.45, 7) is 11.7. The first-order valence-corrected chi connectivity index (χ1v) is 10.5. The van der Waals surface area contributed by atoms with Gasteiger partial charge < -0.3 is 0 Å². The van der Waals surface area contributed by atoms with Crippen LogP contribution >= 0.6 is 0 Å². The molecule has 1 heterocycles. The molecular formula is C21H29N3O2S. The number of benzene rings is 1. The van der Waals surface area contributed by atoms with Gasteiger partial charge in [-0.15, -0.1) is 0 Å². The average molecular weight is 388 g/mol. The highest BCUT2D eigenvalue weighted by Gasteiger charge is 2.37. The molecule has 0 radical (unpaired) electrons. The zero-order valence-electron chi connectivity index (χ0n) is 17.3. The summed E-state index contributed by atoms with van der Waals surface area (Å²) < 4.78 is 18.2. The maximum absolute atomic E-state index is 13.1. The van der Waals surface area contributed by atoms with Crippen molar-refractivity contribution >= 4 is 27.6 Å². The molecular weight excluding hydrogens is 358 g/mol. The first kappa shape index (κ1) is 19.9. The number of fused-ring (bicyclic) bond motifs is 1. The standard InChI is InChI=1S/C21H29N3O2S/c1-13-11-15(14(2)23-27(26)20(3,4)5)17-16(12-13)18(25)24(7)19(22-17)21(6)9-8-10-21/h11-12H,8-10H2,1-7H3/b23-14+/t27-/m1/s1. The van der Waals surface area contributed by atoms with Gasteiger partial charge in [0, 0.05) is 18.0 Å². The lowest BCUT2D eigenvalue weighted by Gasteiger charge is -2.38. The fourth-order valence-corrected chi connectivity index (χ4v) is 4.20. The predicted octanol–water partition coefficient (Wildman–Crippen LogP) is 3.95. The first-order chi connectivity index (χ1) is 12.4. The van der Waals surface area contributed by atoms with Crippen LogP contribution in [0, 0.1) is 6.92 Å². The van der Waals surface area contributed by atoms with Crippen molar-refractivity contribution in [1.82, 2.24) is 9.55 Å². The fourth-order valence-electron chi connectivity index (χ4n) is 3.58. The van der Waals surface area contributed by atoms with Crippen LogP contribution < -0.4 is 5.56 Å². The second kappa shape index (κ2) is 6.66. The van der Waals surface area contributed by atoms with Crippen molar-refractivity contribution in [3.05, 3.63) is 39.4 Å². The van der Waals surface area contributed by atoms with E-state index in [-0.39, 0.29) is 11.0 Å². The minimum Gasteiger partial charge on any atom is -0.299 e. The van der Waals surface area contributed by atoms with E-state index in [0.717, 1.165) is 36.2 Å². The van der Waals surface area contributed by atoms with E-state index in [4.69, 9.17) is 4.98 Å². The van der Waals surface area contributed by atoms with Crippen LogP contribution in [0.3, 0.4) is 0 Å². The smallest absolute Gasteiger partial charge is 0.261 e. The van der Waals surface area contributed by atoms with Crippen molar-refractivity contribution in [1.29, 1.82) is 0 Å². The minimum absolute atomic E-state index is 0.0298. The largest absolute Gasteiger partial charge is 0.299 e. The molecule has 0 unspecified atom stereocenters. The SMILES string of the molecule is C/C(=N\[S@](=O)C(C)(C)C)c1cc(C)cc2c(=O)n(C)c(C3(C)CCC3)nc12. The van der Waals surface area contributed by atoms with Crippen LogP contribution in [0.2, 0.25) is 0 Å². The van der Waals surface area contributed by atoms with Gasteiger partial charge in [-0.2, -0.15) is 4.40 Å². The molecule has 1 saturated carbocycles. The van der Waals surface area contributed by atoms with Crippen LogP contribution in [0.1, 0.15) is 70.8 Å². The predicted molar refractivity (Wildman–Crippen MR) is 113 cm³/mol. The maximum atomic E-state index is 13.1. The van der Waals surface area contributed by atoms with Crippen molar-refractivity contribution < 1.29 is 4.21 Å². The van der Waals surface area contributed by atoms with Crippen LogP contribution in [0.15, 0.2) is 21.3 Å². The Hall–Kier alpha value is -1.82. The molecule has 3 rings (SSSR count). The van der Waals surface area contributed by atoms with Crippen LogP contribution in [-0.4, -0.2) is 24.2 Å². The average Bonchev–Trinajstić information content (AvgIpc) is 2.54. The molecule has 146 valence electrons. The molecule has 1 aliphatic rings. The van der Waals surface area contributed by atoms with Gasteiger partial charge >= 0.3 is 0 Å². The second-order valence-electron chi connectivity index (χ2n) is 8.96. The lowest BCUT2D eigenvalue weighted by atomic mass is 9.69. The molecule has 0 bridgehead atoms. The topological polar surface area (TPSA) is 64.3 Å². The third-order valence-corrected chi connectivity index (χ3v) is 6.94. The monoisotopic (exact) mass is 387 g/mol. The summed E-state index contributed by atoms with van der Waals surface area (Å²) in [4.78, 5) is 18.0. The normalized spacial score (nSPS) is 18.4. The Kier molecular flexibility index (Phi) is 4.91. The van der Waals surface area contributed by atoms with E-state index in [0.29, 0.717) is 16.6 Å². The van der Waals surface area contributed by atoms with Gasteiger partial charge in [-0.25, -0.2) is 9.19 Å². The van der Waals surface area contributed by atoms with E-state index in [9.17, 15) is 9.00 Å². The van der Waals surface area contributed by atoms with Crippen LogP contribution in [0.25, 0.3) is 10.9 Å². The number of rotatable bonds is 3. The molecule has 0 spiro atoms. The Balaban J connectivity index is 2.29. The molecule has 6 heteroatoms. The molecule has 0 amide bonds. The molecule has 1 aromatic carbocycles. The van der Waals surface area contributed by atoms with Gasteiger partial charge in [-0.3, -0.25) is 9.36 Å². The minimum atomic E-state index is -1.36. The Bertz CT molecular complexity index is 1020. The molecule has 1 aliphatic carbocycles. The van der Waals surface area contributed by atoms with Crippen molar-refractivity contribution in [3.8, 4) is 0 Å². The van der Waals surface area contributed by atoms with Crippen LogP contribution in [0.4, 0.5) is 0 Å². The molecule has 0 N–H and O–H groups in total. The Morgan fingerprint density at radius 1 is 1.30 bits per heavy atom. The molecule has 1 atom stereocenters. The molecule has 0 aliphatic heterocycles. The van der Waals surface area contributed by atoms with Gasteiger partial charge in [0.1, 0.15) is 16.8 Å². The van der Waals surface area contributed by atoms with Crippen LogP contribution in [0.5, 0.6) is 0 Å². The summed E-state index contributed by atoms with van der Waals surface area (Å²) in [6.07, 6.45) is 3.25. The number of aromatic nitrogens is 2. The molecule has 0 saturated heterocycles. The van der Waals surface area contributed by atoms with E-state index >= 15 is 0 Å². The number of aryl methyl sites for hydroxylation is 1. The zero-order valence-corrected chi connectivity index (χ0v) is 18.2. The maximum Gasteiger partial charge on any atom is 0.261 e. The fraction of sp³-hybridized carbons (Fsp3) is 0.571. The van der Waals surface area contributed by atoms with Crippen molar-refractivity contribution in [2.75, 3.05) is 0 Å². The summed E-state index contributed by atoms with van der Waals surface area (Å²) in [5, 5.41) is 0.593. The quantitative estimate of drug-likeness (QED) is 0.749. The number of hydrogen-bond acceptors (Lipinski definition) is 3. The van der Waals surface area contributed by atoms with Gasteiger partial charge in [0.25, 0.3) is 5.56 Å². The molecule has 2 aromatic rings. The van der Waals surface area contributed by atoms with Gasteiger partial charge in [-0.05, 0) is 65.2 Å². The summed E-state index contributed by atoms with van der Waals surface area (Å²) in [5.41, 5.74) is 3.00. The highest BCUT2D eigenvalue weighted by atomic mass is 32.2. The van der Waals surface area contributed by atoms with E-state index < -0.39 is 15.7 Å². The molecule has 1 fully saturated rings. The van der Waals surface area contributed by atoms with Gasteiger partial charge in [-0.1, -0.05) is 13.3 Å². The Morgan fingerprint density at radius 3 is 2.44 bits per heavy atom.